The normalized spacial score (nSPS) is 11.5. The van der Waals surface area contributed by atoms with Gasteiger partial charge >= 0.3 is 6.30 Å². The summed E-state index contributed by atoms with van der Waals surface area (Å²) in [7, 11) is 0. The molecule has 5 nitrogen and oxygen atoms in total. The molecule has 3 aromatic rings. The van der Waals surface area contributed by atoms with Crippen molar-refractivity contribution in [2.24, 2.45) is 0 Å². The first kappa shape index (κ1) is 15.7. The second-order valence-electron chi connectivity index (χ2n) is 4.97. The maximum absolute atomic E-state index is 13.3. The van der Waals surface area contributed by atoms with Gasteiger partial charge in [0, 0.05) is 23.3 Å². The molecule has 0 amide bonds. The van der Waals surface area contributed by atoms with Crippen molar-refractivity contribution in [3.05, 3.63) is 70.8 Å². The van der Waals surface area contributed by atoms with E-state index >= 15 is 0 Å². The van der Waals surface area contributed by atoms with E-state index in [4.69, 9.17) is 0 Å². The standard InChI is InChI=1S/C16H10F3N3O2/c17-16(18,19)21-15(11-5-2-1-3-6-11)10-14(20-21)12-7-4-8-13(9-12)22(23)24/h1-10H. The number of nitrogens with zero attached hydrogens (tertiary/aromatic N) is 3. The topological polar surface area (TPSA) is 61.0 Å². The lowest BCUT2D eigenvalue weighted by Crippen LogP contribution is -2.19. The number of rotatable bonds is 3. The molecule has 1 aromatic heterocycles. The number of non-ortho nitro benzene ring substituents is 1. The minimum absolute atomic E-state index is 0.00915. The SMILES string of the molecule is O=[N+]([O-])c1cccc(-c2cc(-c3ccccc3)n(C(F)(F)F)n2)c1. The van der Waals surface area contributed by atoms with Crippen LogP contribution in [-0.2, 0) is 6.30 Å². The Morgan fingerprint density at radius 1 is 0.958 bits per heavy atom. The maximum Gasteiger partial charge on any atom is 0.505 e. The van der Waals surface area contributed by atoms with Crippen molar-refractivity contribution in [1.82, 2.24) is 9.78 Å². The first-order chi connectivity index (χ1) is 11.4. The smallest absolute Gasteiger partial charge is 0.258 e. The third-order valence-corrected chi connectivity index (χ3v) is 3.37. The van der Waals surface area contributed by atoms with Crippen molar-refractivity contribution in [3.63, 3.8) is 0 Å². The Labute approximate surface area is 134 Å². The highest BCUT2D eigenvalue weighted by Gasteiger charge is 2.35. The van der Waals surface area contributed by atoms with Crippen LogP contribution in [0.2, 0.25) is 0 Å². The van der Waals surface area contributed by atoms with Gasteiger partial charge in [0.05, 0.1) is 16.3 Å². The van der Waals surface area contributed by atoms with E-state index in [-0.39, 0.29) is 27.3 Å². The van der Waals surface area contributed by atoms with Gasteiger partial charge in [0.2, 0.25) is 0 Å². The largest absolute Gasteiger partial charge is 0.505 e. The van der Waals surface area contributed by atoms with Crippen LogP contribution < -0.4 is 0 Å². The van der Waals surface area contributed by atoms with Crippen LogP contribution in [0, 0.1) is 10.1 Å². The summed E-state index contributed by atoms with van der Waals surface area (Å²) in [6.45, 7) is 0. The monoisotopic (exact) mass is 333 g/mol. The molecular formula is C16H10F3N3O2. The predicted octanol–water partition coefficient (Wildman–Crippen LogP) is 4.60. The summed E-state index contributed by atoms with van der Waals surface area (Å²) in [5.74, 6) is 0. The molecule has 24 heavy (non-hydrogen) atoms. The number of hydrogen-bond acceptors (Lipinski definition) is 3. The van der Waals surface area contributed by atoms with Gasteiger partial charge in [-0.1, -0.05) is 42.5 Å². The van der Waals surface area contributed by atoms with E-state index in [0.717, 1.165) is 0 Å². The molecule has 0 N–H and O–H groups in total. The molecule has 0 atom stereocenters. The van der Waals surface area contributed by atoms with Crippen molar-refractivity contribution in [3.8, 4) is 22.5 Å². The Balaban J connectivity index is 2.16. The molecule has 0 saturated heterocycles. The highest BCUT2D eigenvalue weighted by atomic mass is 19.4. The zero-order chi connectivity index (χ0) is 17.3. The van der Waals surface area contributed by atoms with Crippen LogP contribution in [0.1, 0.15) is 0 Å². The van der Waals surface area contributed by atoms with Gasteiger partial charge in [-0.2, -0.15) is 9.78 Å². The summed E-state index contributed by atoms with van der Waals surface area (Å²) >= 11 is 0. The lowest BCUT2D eigenvalue weighted by molar-refractivity contribution is -0.384. The number of alkyl halides is 3. The van der Waals surface area contributed by atoms with Crippen LogP contribution in [-0.4, -0.2) is 14.7 Å². The molecule has 0 aliphatic rings. The molecule has 8 heteroatoms. The van der Waals surface area contributed by atoms with Crippen molar-refractivity contribution in [1.29, 1.82) is 0 Å². The Morgan fingerprint density at radius 2 is 1.62 bits per heavy atom. The average molecular weight is 333 g/mol. The maximum atomic E-state index is 13.3. The van der Waals surface area contributed by atoms with E-state index in [9.17, 15) is 23.3 Å². The molecule has 3 rings (SSSR count). The van der Waals surface area contributed by atoms with E-state index in [1.165, 1.54) is 42.5 Å². The zero-order valence-corrected chi connectivity index (χ0v) is 12.1. The lowest BCUT2D eigenvalue weighted by Gasteiger charge is -2.10. The first-order valence-electron chi connectivity index (χ1n) is 6.84. The average Bonchev–Trinajstić information content (AvgIpc) is 3.01. The van der Waals surface area contributed by atoms with Gasteiger partial charge in [-0.15, -0.1) is 13.2 Å². The van der Waals surface area contributed by atoms with Crippen LogP contribution in [0.5, 0.6) is 0 Å². The van der Waals surface area contributed by atoms with E-state index in [0.29, 0.717) is 5.56 Å². The molecule has 1 heterocycles. The Bertz CT molecular complexity index is 889. The van der Waals surface area contributed by atoms with Crippen molar-refractivity contribution in [2.75, 3.05) is 0 Å². The second-order valence-corrected chi connectivity index (χ2v) is 4.97. The van der Waals surface area contributed by atoms with Gasteiger partial charge in [0.25, 0.3) is 5.69 Å². The zero-order valence-electron chi connectivity index (χ0n) is 12.1. The van der Waals surface area contributed by atoms with Crippen LogP contribution in [0.3, 0.4) is 0 Å². The summed E-state index contributed by atoms with van der Waals surface area (Å²) in [6.07, 6.45) is -4.70. The quantitative estimate of drug-likeness (QED) is 0.520. The number of halogens is 3. The van der Waals surface area contributed by atoms with E-state index in [2.05, 4.69) is 5.10 Å². The Hall–Kier alpha value is -3.16. The molecule has 122 valence electrons. The predicted molar refractivity (Wildman–Crippen MR) is 81.1 cm³/mol. The van der Waals surface area contributed by atoms with Gasteiger partial charge in [0.15, 0.2) is 0 Å². The Morgan fingerprint density at radius 3 is 2.25 bits per heavy atom. The highest BCUT2D eigenvalue weighted by molar-refractivity contribution is 5.70. The van der Waals surface area contributed by atoms with Gasteiger partial charge in [-0.3, -0.25) is 10.1 Å². The van der Waals surface area contributed by atoms with Crippen LogP contribution in [0.15, 0.2) is 60.7 Å². The van der Waals surface area contributed by atoms with Crippen molar-refractivity contribution >= 4 is 5.69 Å². The van der Waals surface area contributed by atoms with Gasteiger partial charge in [0.1, 0.15) is 0 Å². The molecule has 0 aliphatic carbocycles. The van der Waals surface area contributed by atoms with Gasteiger partial charge < -0.3 is 0 Å². The summed E-state index contributed by atoms with van der Waals surface area (Å²) in [4.78, 5) is 10.2. The summed E-state index contributed by atoms with van der Waals surface area (Å²) in [5, 5.41) is 14.4. The fraction of sp³-hybridized carbons (Fsp3) is 0.0625. The lowest BCUT2D eigenvalue weighted by atomic mass is 10.1. The van der Waals surface area contributed by atoms with Gasteiger partial charge in [-0.25, -0.2) is 0 Å². The van der Waals surface area contributed by atoms with E-state index in [1.807, 2.05) is 0 Å². The molecule has 2 aromatic carbocycles. The molecule has 0 radical (unpaired) electrons. The van der Waals surface area contributed by atoms with E-state index < -0.39 is 11.2 Å². The molecular weight excluding hydrogens is 323 g/mol. The number of aromatic nitrogens is 2. The van der Waals surface area contributed by atoms with E-state index in [1.54, 1.807) is 18.2 Å². The molecule has 0 saturated carbocycles. The molecule has 0 aliphatic heterocycles. The van der Waals surface area contributed by atoms with Crippen LogP contribution in [0.25, 0.3) is 22.5 Å². The third-order valence-electron chi connectivity index (χ3n) is 3.37. The van der Waals surface area contributed by atoms with Crippen LogP contribution in [0.4, 0.5) is 18.9 Å². The summed E-state index contributed by atoms with van der Waals surface area (Å²) < 4.78 is 39.8. The van der Waals surface area contributed by atoms with Crippen molar-refractivity contribution in [2.45, 2.75) is 6.30 Å². The first-order valence-corrected chi connectivity index (χ1v) is 6.84. The number of benzene rings is 2. The second kappa shape index (κ2) is 5.80. The molecule has 0 bridgehead atoms. The fourth-order valence-electron chi connectivity index (χ4n) is 2.31. The molecule has 0 spiro atoms. The Kier molecular flexibility index (Phi) is 3.80. The minimum Gasteiger partial charge on any atom is -0.258 e. The molecule has 0 unspecified atom stereocenters. The summed E-state index contributed by atoms with van der Waals surface area (Å²) in [5.41, 5.74) is 0.248. The third kappa shape index (κ3) is 2.98. The minimum atomic E-state index is -4.70. The van der Waals surface area contributed by atoms with Crippen LogP contribution >= 0.6 is 0 Å². The number of nitro benzene ring substituents is 1. The van der Waals surface area contributed by atoms with Crippen molar-refractivity contribution < 1.29 is 18.1 Å². The van der Waals surface area contributed by atoms with Gasteiger partial charge in [-0.05, 0) is 6.07 Å². The number of hydrogen-bond donors (Lipinski definition) is 0. The molecule has 0 fully saturated rings. The fourth-order valence-corrected chi connectivity index (χ4v) is 2.31. The summed E-state index contributed by atoms with van der Waals surface area (Å²) in [6, 6.07) is 14.6. The number of nitro groups is 1. The highest BCUT2D eigenvalue weighted by Crippen LogP contribution is 2.33.